The van der Waals surface area contributed by atoms with E-state index in [1.165, 1.54) is 6.07 Å². The summed E-state index contributed by atoms with van der Waals surface area (Å²) in [5.74, 6) is -3.66. The summed E-state index contributed by atoms with van der Waals surface area (Å²) in [6.45, 7) is -1.22. The predicted molar refractivity (Wildman–Crippen MR) is 111 cm³/mol. The van der Waals surface area contributed by atoms with E-state index < -0.39 is 65.6 Å². The zero-order chi connectivity index (χ0) is 25.4. The van der Waals surface area contributed by atoms with Crippen LogP contribution in [0.3, 0.4) is 0 Å². The first-order valence-corrected chi connectivity index (χ1v) is 10.9. The van der Waals surface area contributed by atoms with Crippen molar-refractivity contribution in [2.45, 2.75) is 55.5 Å². The maximum Gasteiger partial charge on any atom is 0.415 e. The molecule has 0 radical (unpaired) electrons. The van der Waals surface area contributed by atoms with Gasteiger partial charge in [0, 0.05) is 11.6 Å². The van der Waals surface area contributed by atoms with E-state index in [0.29, 0.717) is 25.7 Å². The van der Waals surface area contributed by atoms with Crippen LogP contribution in [0.25, 0.3) is 0 Å². The zero-order valence-electron chi connectivity index (χ0n) is 18.4. The third kappa shape index (κ3) is 5.26. The van der Waals surface area contributed by atoms with Crippen molar-refractivity contribution in [1.29, 1.82) is 0 Å². The molecule has 2 bridgehead atoms. The van der Waals surface area contributed by atoms with E-state index in [1.807, 2.05) is 0 Å². The van der Waals surface area contributed by atoms with Crippen molar-refractivity contribution in [3.05, 3.63) is 53.3 Å². The molecule has 5 rings (SSSR count). The monoisotopic (exact) mass is 502 g/mol. The Morgan fingerprint density at radius 1 is 1.09 bits per heavy atom. The van der Waals surface area contributed by atoms with E-state index in [2.05, 4.69) is 10.6 Å². The summed E-state index contributed by atoms with van der Waals surface area (Å²) < 4.78 is 74.6. The first kappa shape index (κ1) is 25.0. The Bertz CT molecular complexity index is 1080. The maximum atomic E-state index is 13.3. The minimum atomic E-state index is -4.55. The summed E-state index contributed by atoms with van der Waals surface area (Å²) in [4.78, 5) is 25.0. The summed E-state index contributed by atoms with van der Waals surface area (Å²) >= 11 is 0. The van der Waals surface area contributed by atoms with E-state index >= 15 is 0 Å². The van der Waals surface area contributed by atoms with Crippen LogP contribution in [0.1, 0.15) is 32.1 Å². The number of hydrogen-bond donors (Lipinski definition) is 3. The molecule has 3 aliphatic carbocycles. The molecule has 0 aromatic heterocycles. The topological polar surface area (TPSA) is 96.9 Å². The van der Waals surface area contributed by atoms with Crippen molar-refractivity contribution >= 4 is 11.8 Å². The van der Waals surface area contributed by atoms with Crippen LogP contribution < -0.4 is 15.4 Å². The number of hydrogen-bond acceptors (Lipinski definition) is 5. The average molecular weight is 502 g/mol. The Kier molecular flexibility index (Phi) is 6.52. The first-order valence-electron chi connectivity index (χ1n) is 10.9. The number of allylic oxidation sites excluding steroid dienone is 2. The third-order valence-electron chi connectivity index (χ3n) is 6.76. The SMILES string of the molecule is O=C(COc1ccc(F)c(F)c1)NC12CCC(NC(=O)C3=CC=C(C(F)(F)F)CO3)(CC1)C(O)C2. The smallest absolute Gasteiger partial charge is 0.415 e. The molecule has 1 heterocycles. The lowest BCUT2D eigenvalue weighted by atomic mass is 9.60. The number of aliphatic hydroxyl groups excluding tert-OH is 1. The lowest BCUT2D eigenvalue weighted by Gasteiger charge is -2.56. The molecule has 1 aliphatic heterocycles. The van der Waals surface area contributed by atoms with Crippen LogP contribution in [0, 0.1) is 11.6 Å². The minimum absolute atomic E-state index is 0.0120. The molecule has 0 spiro atoms. The fourth-order valence-electron chi connectivity index (χ4n) is 4.74. The van der Waals surface area contributed by atoms with E-state index in [-0.39, 0.29) is 17.9 Å². The quantitative estimate of drug-likeness (QED) is 0.520. The van der Waals surface area contributed by atoms with Gasteiger partial charge in [-0.3, -0.25) is 9.59 Å². The van der Waals surface area contributed by atoms with Crippen LogP contribution in [0.2, 0.25) is 0 Å². The Morgan fingerprint density at radius 2 is 1.80 bits per heavy atom. The molecule has 12 heteroatoms. The highest BCUT2D eigenvalue weighted by atomic mass is 19.4. The number of fused-ring (bicyclic) bond motifs is 3. The Balaban J connectivity index is 1.33. The molecule has 1 unspecified atom stereocenters. The highest BCUT2D eigenvalue weighted by molar-refractivity contribution is 5.92. The number of halogens is 5. The molecule has 0 saturated heterocycles. The highest BCUT2D eigenvalue weighted by Crippen LogP contribution is 2.47. The van der Waals surface area contributed by atoms with Gasteiger partial charge in [0.05, 0.1) is 17.2 Å². The fraction of sp³-hybridized carbons (Fsp3) is 0.478. The van der Waals surface area contributed by atoms with Gasteiger partial charge >= 0.3 is 6.18 Å². The number of ether oxygens (including phenoxy) is 2. The van der Waals surface area contributed by atoms with Gasteiger partial charge < -0.3 is 25.2 Å². The van der Waals surface area contributed by atoms with Crippen molar-refractivity contribution in [2.75, 3.05) is 13.2 Å². The van der Waals surface area contributed by atoms with Crippen molar-refractivity contribution < 1.29 is 46.1 Å². The summed E-state index contributed by atoms with van der Waals surface area (Å²) in [5, 5.41) is 16.4. The van der Waals surface area contributed by atoms with Gasteiger partial charge in [0.15, 0.2) is 24.0 Å². The van der Waals surface area contributed by atoms with E-state index in [1.54, 1.807) is 0 Å². The fourth-order valence-corrected chi connectivity index (χ4v) is 4.74. The number of amides is 2. The number of benzene rings is 1. The minimum Gasteiger partial charge on any atom is -0.484 e. The normalized spacial score (nSPS) is 27.9. The molecule has 3 N–H and O–H groups in total. The van der Waals surface area contributed by atoms with Crippen LogP contribution in [0.4, 0.5) is 22.0 Å². The summed E-state index contributed by atoms with van der Waals surface area (Å²) in [5.41, 5.74) is -2.63. The van der Waals surface area contributed by atoms with Gasteiger partial charge in [-0.15, -0.1) is 0 Å². The Labute approximate surface area is 197 Å². The molecule has 3 saturated carbocycles. The maximum absolute atomic E-state index is 13.3. The molecular weight excluding hydrogens is 479 g/mol. The summed E-state index contributed by atoms with van der Waals surface area (Å²) in [6, 6.07) is 2.90. The van der Waals surface area contributed by atoms with Crippen molar-refractivity contribution in [1.82, 2.24) is 10.6 Å². The van der Waals surface area contributed by atoms with Crippen molar-refractivity contribution in [3.63, 3.8) is 0 Å². The number of nitrogens with one attached hydrogen (secondary N) is 2. The molecule has 2 amide bonds. The van der Waals surface area contributed by atoms with Crippen LogP contribution in [0.15, 0.2) is 41.7 Å². The largest absolute Gasteiger partial charge is 0.484 e. The number of carbonyl (C=O) groups excluding carboxylic acids is 2. The lowest BCUT2D eigenvalue weighted by molar-refractivity contribution is -0.136. The predicted octanol–water partition coefficient (Wildman–Crippen LogP) is 2.80. The van der Waals surface area contributed by atoms with Gasteiger partial charge in [0.2, 0.25) is 0 Å². The van der Waals surface area contributed by atoms with Crippen molar-refractivity contribution in [3.8, 4) is 5.75 Å². The first-order chi connectivity index (χ1) is 16.4. The molecule has 1 atom stereocenters. The van der Waals surface area contributed by atoms with E-state index in [4.69, 9.17) is 9.47 Å². The van der Waals surface area contributed by atoms with Gasteiger partial charge in [0.1, 0.15) is 12.4 Å². The molecule has 1 aromatic rings. The van der Waals surface area contributed by atoms with Crippen LogP contribution >= 0.6 is 0 Å². The van der Waals surface area contributed by atoms with Gasteiger partial charge in [-0.2, -0.15) is 13.2 Å². The lowest BCUT2D eigenvalue weighted by Crippen LogP contribution is -2.70. The summed E-state index contributed by atoms with van der Waals surface area (Å²) in [7, 11) is 0. The molecule has 3 fully saturated rings. The van der Waals surface area contributed by atoms with Crippen LogP contribution in [0.5, 0.6) is 5.75 Å². The summed E-state index contributed by atoms with van der Waals surface area (Å²) in [6.07, 6.45) is -2.19. The standard InChI is InChI=1S/C23H23F5N2O5/c24-15-3-2-14(9-16(15)25)34-12-19(32)29-21-5-7-22(8-6-21,18(31)10-21)30-20(33)17-4-1-13(11-35-17)23(26,27)28/h1-4,9,18,31H,5-8,10-12H2,(H,29,32)(H,30,33). The van der Waals surface area contributed by atoms with E-state index in [9.17, 15) is 36.6 Å². The second kappa shape index (κ2) is 9.14. The molecule has 7 nitrogen and oxygen atoms in total. The van der Waals surface area contributed by atoms with Gasteiger partial charge in [-0.1, -0.05) is 0 Å². The van der Waals surface area contributed by atoms with E-state index in [0.717, 1.165) is 24.3 Å². The molecule has 1 aromatic carbocycles. The van der Waals surface area contributed by atoms with Gasteiger partial charge in [-0.25, -0.2) is 8.78 Å². The molecular formula is C23H23F5N2O5. The van der Waals surface area contributed by atoms with Gasteiger partial charge in [-0.05, 0) is 56.4 Å². The number of rotatable bonds is 6. The molecule has 4 aliphatic rings. The number of carbonyl (C=O) groups is 2. The van der Waals surface area contributed by atoms with Crippen LogP contribution in [-0.4, -0.2) is 53.5 Å². The average Bonchev–Trinajstić information content (AvgIpc) is 2.80. The molecule has 35 heavy (non-hydrogen) atoms. The number of alkyl halides is 3. The second-order valence-corrected chi connectivity index (χ2v) is 9.03. The third-order valence-corrected chi connectivity index (χ3v) is 6.76. The van der Waals surface area contributed by atoms with Crippen LogP contribution in [-0.2, 0) is 14.3 Å². The Hall–Kier alpha value is -3.15. The Morgan fingerprint density at radius 3 is 2.37 bits per heavy atom. The zero-order valence-corrected chi connectivity index (χ0v) is 18.4. The van der Waals surface area contributed by atoms with Gasteiger partial charge in [0.25, 0.3) is 11.8 Å². The number of aliphatic hydroxyl groups is 1. The second-order valence-electron chi connectivity index (χ2n) is 9.03. The highest BCUT2D eigenvalue weighted by Gasteiger charge is 2.55. The van der Waals surface area contributed by atoms with Crippen molar-refractivity contribution in [2.24, 2.45) is 0 Å². The molecule has 190 valence electrons.